The fraction of sp³-hybridized carbons (Fsp3) is 0.833. The topological polar surface area (TPSA) is 57.6 Å². The summed E-state index contributed by atoms with van der Waals surface area (Å²) < 4.78 is 0. The van der Waals surface area contributed by atoms with Crippen molar-refractivity contribution < 1.29 is 14.7 Å². The monoisotopic (exact) mass is 227 g/mol. The Morgan fingerprint density at radius 3 is 2.50 bits per heavy atom. The molecule has 16 heavy (non-hydrogen) atoms. The van der Waals surface area contributed by atoms with E-state index in [2.05, 4.69) is 6.92 Å². The highest BCUT2D eigenvalue weighted by molar-refractivity contribution is 5.80. The van der Waals surface area contributed by atoms with Crippen molar-refractivity contribution in [2.45, 2.75) is 33.6 Å². The summed E-state index contributed by atoms with van der Waals surface area (Å²) in [5, 5.41) is 8.99. The zero-order valence-electron chi connectivity index (χ0n) is 10.3. The van der Waals surface area contributed by atoms with Crippen LogP contribution in [0.4, 0.5) is 0 Å². The molecule has 0 radical (unpaired) electrons. The maximum atomic E-state index is 12.0. The average molecular weight is 227 g/mol. The number of hydrogen-bond acceptors (Lipinski definition) is 2. The van der Waals surface area contributed by atoms with E-state index < -0.39 is 11.9 Å². The Bertz CT molecular complexity index is 277. The second-order valence-electron chi connectivity index (χ2n) is 4.85. The molecule has 1 aliphatic heterocycles. The predicted octanol–water partition coefficient (Wildman–Crippen LogP) is 1.60. The maximum Gasteiger partial charge on any atom is 0.308 e. The first-order chi connectivity index (χ1) is 7.47. The SMILES string of the molecule is CCCC(C)C(=O)N1CC(C)C(C(=O)O)C1. The van der Waals surface area contributed by atoms with E-state index in [1.165, 1.54) is 0 Å². The second-order valence-corrected chi connectivity index (χ2v) is 4.85. The minimum absolute atomic E-state index is 0.0183. The third-order valence-corrected chi connectivity index (χ3v) is 3.38. The van der Waals surface area contributed by atoms with Crippen LogP contribution in [-0.4, -0.2) is 35.0 Å². The molecule has 1 saturated heterocycles. The van der Waals surface area contributed by atoms with Crippen LogP contribution >= 0.6 is 0 Å². The van der Waals surface area contributed by atoms with E-state index in [-0.39, 0.29) is 17.7 Å². The van der Waals surface area contributed by atoms with Gasteiger partial charge in [0.05, 0.1) is 5.92 Å². The van der Waals surface area contributed by atoms with Gasteiger partial charge in [-0.2, -0.15) is 0 Å². The minimum atomic E-state index is -0.786. The van der Waals surface area contributed by atoms with Gasteiger partial charge in [0.15, 0.2) is 0 Å². The highest BCUT2D eigenvalue weighted by Gasteiger charge is 2.37. The number of likely N-dealkylation sites (tertiary alicyclic amines) is 1. The van der Waals surface area contributed by atoms with Crippen LogP contribution in [0.25, 0.3) is 0 Å². The number of amides is 1. The molecule has 0 aromatic carbocycles. The molecule has 1 fully saturated rings. The molecule has 1 aliphatic rings. The van der Waals surface area contributed by atoms with Gasteiger partial charge in [-0.05, 0) is 12.3 Å². The van der Waals surface area contributed by atoms with E-state index in [0.29, 0.717) is 13.1 Å². The van der Waals surface area contributed by atoms with Gasteiger partial charge >= 0.3 is 5.97 Å². The molecule has 0 saturated carbocycles. The molecule has 0 aromatic heterocycles. The summed E-state index contributed by atoms with van der Waals surface area (Å²) in [6, 6.07) is 0. The van der Waals surface area contributed by atoms with Crippen molar-refractivity contribution in [2.75, 3.05) is 13.1 Å². The highest BCUT2D eigenvalue weighted by atomic mass is 16.4. The summed E-state index contributed by atoms with van der Waals surface area (Å²) >= 11 is 0. The van der Waals surface area contributed by atoms with Gasteiger partial charge in [0.2, 0.25) is 5.91 Å². The number of carboxylic acids is 1. The lowest BCUT2D eigenvalue weighted by Gasteiger charge is -2.20. The Balaban J connectivity index is 2.58. The van der Waals surface area contributed by atoms with Crippen molar-refractivity contribution >= 4 is 11.9 Å². The van der Waals surface area contributed by atoms with E-state index in [0.717, 1.165) is 12.8 Å². The molecule has 92 valence electrons. The summed E-state index contributed by atoms with van der Waals surface area (Å²) in [7, 11) is 0. The molecule has 0 spiro atoms. The molecular weight excluding hydrogens is 206 g/mol. The van der Waals surface area contributed by atoms with Gasteiger partial charge in [-0.1, -0.05) is 27.2 Å². The van der Waals surface area contributed by atoms with E-state index >= 15 is 0 Å². The van der Waals surface area contributed by atoms with Crippen LogP contribution in [0.5, 0.6) is 0 Å². The molecule has 3 atom stereocenters. The summed E-state index contributed by atoms with van der Waals surface area (Å²) in [6.45, 7) is 6.84. The number of carbonyl (C=O) groups excluding carboxylic acids is 1. The van der Waals surface area contributed by atoms with Gasteiger partial charge < -0.3 is 10.0 Å². The van der Waals surface area contributed by atoms with Gasteiger partial charge in [-0.3, -0.25) is 9.59 Å². The molecule has 4 nitrogen and oxygen atoms in total. The molecule has 0 aliphatic carbocycles. The second kappa shape index (κ2) is 5.32. The van der Waals surface area contributed by atoms with Crippen molar-refractivity contribution in [2.24, 2.45) is 17.8 Å². The summed E-state index contributed by atoms with van der Waals surface area (Å²) in [5.74, 6) is -0.985. The Hall–Kier alpha value is -1.06. The van der Waals surface area contributed by atoms with Gasteiger partial charge in [-0.15, -0.1) is 0 Å². The molecule has 1 heterocycles. The van der Waals surface area contributed by atoms with Crippen molar-refractivity contribution in [3.05, 3.63) is 0 Å². The van der Waals surface area contributed by atoms with Crippen molar-refractivity contribution in [1.82, 2.24) is 4.90 Å². The standard InChI is InChI=1S/C12H21NO3/c1-4-5-8(2)11(14)13-6-9(3)10(7-13)12(15)16/h8-10H,4-7H2,1-3H3,(H,15,16). The Kier molecular flexibility index (Phi) is 4.33. The van der Waals surface area contributed by atoms with Crippen LogP contribution in [-0.2, 0) is 9.59 Å². The lowest BCUT2D eigenvalue weighted by molar-refractivity contribution is -0.142. The number of carboxylic acid groups (broad SMARTS) is 1. The van der Waals surface area contributed by atoms with Crippen LogP contribution in [0.1, 0.15) is 33.6 Å². The first-order valence-electron chi connectivity index (χ1n) is 5.99. The molecular formula is C12H21NO3. The van der Waals surface area contributed by atoms with E-state index in [4.69, 9.17) is 5.11 Å². The van der Waals surface area contributed by atoms with Crippen molar-refractivity contribution in [3.8, 4) is 0 Å². The summed E-state index contributed by atoms with van der Waals surface area (Å²) in [5.41, 5.74) is 0. The first kappa shape index (κ1) is 13.0. The van der Waals surface area contributed by atoms with Gasteiger partial charge in [0, 0.05) is 19.0 Å². The lowest BCUT2D eigenvalue weighted by Crippen LogP contribution is -2.34. The van der Waals surface area contributed by atoms with Crippen LogP contribution in [0.15, 0.2) is 0 Å². The zero-order chi connectivity index (χ0) is 12.3. The fourth-order valence-electron chi connectivity index (χ4n) is 2.34. The molecule has 3 unspecified atom stereocenters. The minimum Gasteiger partial charge on any atom is -0.481 e. The number of nitrogens with zero attached hydrogens (tertiary/aromatic N) is 1. The lowest BCUT2D eigenvalue weighted by atomic mass is 9.99. The van der Waals surface area contributed by atoms with Crippen LogP contribution in [0, 0.1) is 17.8 Å². The van der Waals surface area contributed by atoms with Crippen LogP contribution in [0.3, 0.4) is 0 Å². The number of hydrogen-bond donors (Lipinski definition) is 1. The van der Waals surface area contributed by atoms with E-state index in [1.807, 2.05) is 13.8 Å². The van der Waals surface area contributed by atoms with Crippen molar-refractivity contribution in [3.63, 3.8) is 0 Å². The zero-order valence-corrected chi connectivity index (χ0v) is 10.3. The number of aliphatic carboxylic acids is 1. The third kappa shape index (κ3) is 2.74. The van der Waals surface area contributed by atoms with Gasteiger partial charge in [0.1, 0.15) is 0 Å². The summed E-state index contributed by atoms with van der Waals surface area (Å²) in [6.07, 6.45) is 1.86. The Morgan fingerprint density at radius 2 is 2.06 bits per heavy atom. The van der Waals surface area contributed by atoms with E-state index in [1.54, 1.807) is 4.90 Å². The predicted molar refractivity (Wildman–Crippen MR) is 60.9 cm³/mol. The molecule has 0 bridgehead atoms. The van der Waals surface area contributed by atoms with Crippen LogP contribution < -0.4 is 0 Å². The largest absolute Gasteiger partial charge is 0.481 e. The maximum absolute atomic E-state index is 12.0. The number of rotatable bonds is 4. The molecule has 0 aromatic rings. The smallest absolute Gasteiger partial charge is 0.308 e. The third-order valence-electron chi connectivity index (χ3n) is 3.38. The number of carbonyl (C=O) groups is 2. The first-order valence-corrected chi connectivity index (χ1v) is 5.99. The Labute approximate surface area is 96.6 Å². The van der Waals surface area contributed by atoms with Crippen LogP contribution in [0.2, 0.25) is 0 Å². The molecule has 1 N–H and O–H groups in total. The summed E-state index contributed by atoms with van der Waals surface area (Å²) in [4.78, 5) is 24.6. The van der Waals surface area contributed by atoms with E-state index in [9.17, 15) is 9.59 Å². The molecule has 1 rings (SSSR count). The molecule has 4 heteroatoms. The van der Waals surface area contributed by atoms with Crippen molar-refractivity contribution in [1.29, 1.82) is 0 Å². The molecule has 1 amide bonds. The average Bonchev–Trinajstić information content (AvgIpc) is 2.59. The quantitative estimate of drug-likeness (QED) is 0.793. The van der Waals surface area contributed by atoms with Gasteiger partial charge in [-0.25, -0.2) is 0 Å². The normalized spacial score (nSPS) is 26.8. The Morgan fingerprint density at radius 1 is 1.44 bits per heavy atom. The fourth-order valence-corrected chi connectivity index (χ4v) is 2.34. The highest BCUT2D eigenvalue weighted by Crippen LogP contribution is 2.25. The van der Waals surface area contributed by atoms with Gasteiger partial charge in [0.25, 0.3) is 0 Å².